The highest BCUT2D eigenvalue weighted by Gasteiger charge is 2.16. The van der Waals surface area contributed by atoms with Crippen LogP contribution in [-0.2, 0) is 0 Å². The van der Waals surface area contributed by atoms with Crippen LogP contribution in [0, 0.1) is 11.6 Å². The van der Waals surface area contributed by atoms with Gasteiger partial charge in [-0.25, -0.2) is 13.8 Å². The largest absolute Gasteiger partial charge is 0.484 e. The Bertz CT molecular complexity index is 862. The summed E-state index contributed by atoms with van der Waals surface area (Å²) in [5, 5.41) is 2.72. The minimum atomic E-state index is -0.606. The van der Waals surface area contributed by atoms with Crippen LogP contribution in [0.25, 0.3) is 0 Å². The Labute approximate surface area is 157 Å². The molecule has 25 heavy (non-hydrogen) atoms. The maximum absolute atomic E-state index is 14.3. The van der Waals surface area contributed by atoms with Crippen LogP contribution in [-0.4, -0.2) is 4.98 Å². The minimum absolute atomic E-state index is 0.161. The average Bonchev–Trinajstić information content (AvgIpc) is 3.10. The zero-order valence-electron chi connectivity index (χ0n) is 13.0. The molecule has 3 rings (SSSR count). The van der Waals surface area contributed by atoms with Crippen molar-refractivity contribution in [3.8, 4) is 5.75 Å². The molecule has 1 atom stereocenters. The van der Waals surface area contributed by atoms with Crippen LogP contribution in [0.2, 0.25) is 5.02 Å². The first-order valence-corrected chi connectivity index (χ1v) is 9.34. The standard InChI is InChI=1S/C17H13ClF2N2OS2/c1-10(11-4-2-3-5-13(11)19)23-15-9-14(20)16(8-12(15)18)25-22-17-21-6-7-24-17/h2-10H,1H3,(H,21,22). The van der Waals surface area contributed by atoms with E-state index in [9.17, 15) is 8.78 Å². The zero-order chi connectivity index (χ0) is 17.8. The second-order valence-corrected chi connectivity index (χ2v) is 7.19. The minimum Gasteiger partial charge on any atom is -0.484 e. The van der Waals surface area contributed by atoms with E-state index in [1.807, 2.05) is 5.38 Å². The first-order chi connectivity index (χ1) is 12.0. The number of rotatable bonds is 6. The van der Waals surface area contributed by atoms with E-state index in [1.54, 1.807) is 31.3 Å². The quantitative estimate of drug-likeness (QED) is 0.491. The van der Waals surface area contributed by atoms with Crippen LogP contribution in [0.1, 0.15) is 18.6 Å². The summed E-state index contributed by atoms with van der Waals surface area (Å²) in [6.45, 7) is 1.68. The van der Waals surface area contributed by atoms with Gasteiger partial charge in [0.1, 0.15) is 23.5 Å². The molecule has 1 aromatic heterocycles. The zero-order valence-corrected chi connectivity index (χ0v) is 15.4. The molecule has 0 radical (unpaired) electrons. The molecule has 8 heteroatoms. The van der Waals surface area contributed by atoms with Crippen molar-refractivity contribution in [2.75, 3.05) is 4.72 Å². The van der Waals surface area contributed by atoms with Crippen LogP contribution in [0.5, 0.6) is 5.75 Å². The summed E-state index contributed by atoms with van der Waals surface area (Å²) in [7, 11) is 0. The average molecular weight is 399 g/mol. The molecule has 0 aliphatic heterocycles. The first kappa shape index (κ1) is 18.0. The van der Waals surface area contributed by atoms with Crippen molar-refractivity contribution in [2.45, 2.75) is 17.9 Å². The molecule has 3 aromatic rings. The Balaban J connectivity index is 1.74. The van der Waals surface area contributed by atoms with Gasteiger partial charge in [0.25, 0.3) is 0 Å². The van der Waals surface area contributed by atoms with Crippen molar-refractivity contribution in [3.05, 3.63) is 70.2 Å². The van der Waals surface area contributed by atoms with E-state index in [1.165, 1.54) is 29.5 Å². The molecule has 2 aromatic carbocycles. The fraction of sp³-hybridized carbons (Fsp3) is 0.118. The van der Waals surface area contributed by atoms with Crippen molar-refractivity contribution >= 4 is 40.0 Å². The van der Waals surface area contributed by atoms with Crippen LogP contribution in [0.3, 0.4) is 0 Å². The molecule has 0 spiro atoms. The Kier molecular flexibility index (Phi) is 5.78. The van der Waals surface area contributed by atoms with Gasteiger partial charge < -0.3 is 9.46 Å². The van der Waals surface area contributed by atoms with E-state index >= 15 is 0 Å². The van der Waals surface area contributed by atoms with E-state index in [0.717, 1.165) is 11.9 Å². The summed E-state index contributed by atoms with van der Waals surface area (Å²) in [5.41, 5.74) is 0.378. The number of aromatic nitrogens is 1. The molecular weight excluding hydrogens is 386 g/mol. The molecule has 0 saturated heterocycles. The second-order valence-electron chi connectivity index (χ2n) is 5.04. The predicted molar refractivity (Wildman–Crippen MR) is 98.4 cm³/mol. The Morgan fingerprint density at radius 1 is 1.24 bits per heavy atom. The highest BCUT2D eigenvalue weighted by atomic mass is 35.5. The fourth-order valence-electron chi connectivity index (χ4n) is 2.11. The summed E-state index contributed by atoms with van der Waals surface area (Å²) in [5.74, 6) is -0.714. The molecule has 0 aliphatic carbocycles. The smallest absolute Gasteiger partial charge is 0.192 e. The van der Waals surface area contributed by atoms with Crippen molar-refractivity contribution in [2.24, 2.45) is 0 Å². The number of nitrogens with one attached hydrogen (secondary N) is 1. The summed E-state index contributed by atoms with van der Waals surface area (Å²) >= 11 is 8.67. The lowest BCUT2D eigenvalue weighted by atomic mass is 10.1. The number of hydrogen-bond donors (Lipinski definition) is 1. The number of nitrogens with zero attached hydrogens (tertiary/aromatic N) is 1. The van der Waals surface area contributed by atoms with Crippen molar-refractivity contribution in [1.82, 2.24) is 4.98 Å². The monoisotopic (exact) mass is 398 g/mol. The molecular formula is C17H13ClF2N2OS2. The van der Waals surface area contributed by atoms with Crippen molar-refractivity contribution < 1.29 is 13.5 Å². The van der Waals surface area contributed by atoms with Gasteiger partial charge in [-0.05, 0) is 31.0 Å². The van der Waals surface area contributed by atoms with Gasteiger partial charge in [-0.15, -0.1) is 11.3 Å². The van der Waals surface area contributed by atoms with E-state index in [0.29, 0.717) is 15.6 Å². The SMILES string of the molecule is CC(Oc1cc(F)c(SNc2nccs2)cc1Cl)c1ccccc1F. The van der Waals surface area contributed by atoms with Crippen LogP contribution in [0.4, 0.5) is 13.9 Å². The number of benzene rings is 2. The number of halogens is 3. The summed E-state index contributed by atoms with van der Waals surface area (Å²) in [6, 6.07) is 8.94. The van der Waals surface area contributed by atoms with Crippen LogP contribution in [0.15, 0.2) is 52.9 Å². The molecule has 0 fully saturated rings. The Morgan fingerprint density at radius 3 is 2.76 bits per heavy atom. The maximum Gasteiger partial charge on any atom is 0.192 e. The van der Waals surface area contributed by atoms with Crippen LogP contribution < -0.4 is 9.46 Å². The molecule has 1 unspecified atom stereocenters. The first-order valence-electron chi connectivity index (χ1n) is 7.27. The third-order valence-electron chi connectivity index (χ3n) is 3.31. The Hall–Kier alpha value is -1.83. The molecule has 3 nitrogen and oxygen atoms in total. The molecule has 1 N–H and O–H groups in total. The molecule has 0 saturated carbocycles. The summed E-state index contributed by atoms with van der Waals surface area (Å²) < 4.78 is 36.7. The third kappa shape index (κ3) is 4.42. The molecule has 0 amide bonds. The van der Waals surface area contributed by atoms with Crippen molar-refractivity contribution in [3.63, 3.8) is 0 Å². The van der Waals surface area contributed by atoms with Gasteiger partial charge in [0.05, 0.1) is 9.92 Å². The highest BCUT2D eigenvalue weighted by Crippen LogP contribution is 2.35. The lowest BCUT2D eigenvalue weighted by Crippen LogP contribution is -2.06. The summed E-state index contributed by atoms with van der Waals surface area (Å²) in [4.78, 5) is 4.36. The topological polar surface area (TPSA) is 34.1 Å². The number of hydrogen-bond acceptors (Lipinski definition) is 5. The predicted octanol–water partition coefficient (Wildman–Crippen LogP) is 6.33. The highest BCUT2D eigenvalue weighted by molar-refractivity contribution is 8.00. The van der Waals surface area contributed by atoms with Crippen LogP contribution >= 0.6 is 34.9 Å². The molecule has 130 valence electrons. The fourth-order valence-corrected chi connectivity index (χ4v) is 3.66. The van der Waals surface area contributed by atoms with Crippen molar-refractivity contribution in [1.29, 1.82) is 0 Å². The molecule has 1 heterocycles. The van der Waals surface area contributed by atoms with Gasteiger partial charge >= 0.3 is 0 Å². The van der Waals surface area contributed by atoms with Gasteiger partial charge in [0, 0.05) is 23.2 Å². The van der Waals surface area contributed by atoms with Gasteiger partial charge in [0.15, 0.2) is 5.13 Å². The lowest BCUT2D eigenvalue weighted by Gasteiger charge is -2.17. The number of ether oxygens (including phenoxy) is 1. The lowest BCUT2D eigenvalue weighted by molar-refractivity contribution is 0.220. The van der Waals surface area contributed by atoms with Gasteiger partial charge in [0.2, 0.25) is 0 Å². The molecule has 0 aliphatic rings. The van der Waals surface area contributed by atoms with E-state index in [-0.39, 0.29) is 16.6 Å². The van der Waals surface area contributed by atoms with E-state index in [2.05, 4.69) is 9.71 Å². The normalized spacial score (nSPS) is 12.0. The van der Waals surface area contributed by atoms with Gasteiger partial charge in [-0.3, -0.25) is 0 Å². The number of anilines is 1. The number of thiazole rings is 1. The van der Waals surface area contributed by atoms with E-state index < -0.39 is 11.9 Å². The Morgan fingerprint density at radius 2 is 2.04 bits per heavy atom. The van der Waals surface area contributed by atoms with Gasteiger partial charge in [-0.2, -0.15) is 0 Å². The maximum atomic E-state index is 14.3. The third-order valence-corrected chi connectivity index (χ3v) is 5.26. The second kappa shape index (κ2) is 8.03. The van der Waals surface area contributed by atoms with E-state index in [4.69, 9.17) is 16.3 Å². The molecule has 0 bridgehead atoms. The van der Waals surface area contributed by atoms with Gasteiger partial charge in [-0.1, -0.05) is 29.8 Å². The summed E-state index contributed by atoms with van der Waals surface area (Å²) in [6.07, 6.45) is 1.04.